The summed E-state index contributed by atoms with van der Waals surface area (Å²) < 4.78 is 0. The van der Waals surface area contributed by atoms with Crippen LogP contribution in [0.3, 0.4) is 0 Å². The fraction of sp³-hybridized carbons (Fsp3) is 0.455. The van der Waals surface area contributed by atoms with E-state index in [0.717, 1.165) is 18.5 Å². The molecule has 0 amide bonds. The zero-order valence-corrected chi connectivity index (χ0v) is 8.62. The summed E-state index contributed by atoms with van der Waals surface area (Å²) in [5, 5.41) is 12.0. The monoisotopic (exact) mass is 189 g/mol. The number of rotatable bonds is 4. The fourth-order valence-corrected chi connectivity index (χ4v) is 1.08. The highest BCUT2D eigenvalue weighted by Gasteiger charge is 1.99. The maximum absolute atomic E-state index is 8.68. The molecule has 3 heteroatoms. The van der Waals surface area contributed by atoms with Crippen molar-refractivity contribution in [3.63, 3.8) is 0 Å². The zero-order valence-electron chi connectivity index (χ0n) is 8.62. The highest BCUT2D eigenvalue weighted by Crippen LogP contribution is 2.01. The molecule has 0 aliphatic rings. The van der Waals surface area contributed by atoms with Gasteiger partial charge < -0.3 is 5.32 Å². The minimum absolute atomic E-state index is 0.501. The third kappa shape index (κ3) is 3.15. The Labute approximate surface area is 84.8 Å². The lowest BCUT2D eigenvalue weighted by Crippen LogP contribution is -2.24. The Morgan fingerprint density at radius 2 is 2.36 bits per heavy atom. The third-order valence-corrected chi connectivity index (χ3v) is 2.19. The van der Waals surface area contributed by atoms with Gasteiger partial charge in [0.1, 0.15) is 6.07 Å². The average Bonchev–Trinajstić information content (AvgIpc) is 2.26. The molecule has 0 unspecified atom stereocenters. The lowest BCUT2D eigenvalue weighted by atomic mass is 10.2. The molecule has 1 rings (SSSR count). The molecule has 1 atom stereocenters. The van der Waals surface area contributed by atoms with Gasteiger partial charge in [0.2, 0.25) is 0 Å². The number of nitriles is 1. The molecular formula is C11H15N3. The van der Waals surface area contributed by atoms with E-state index < -0.39 is 0 Å². The topological polar surface area (TPSA) is 48.7 Å². The summed E-state index contributed by atoms with van der Waals surface area (Å²) in [5.74, 6) is 0. The summed E-state index contributed by atoms with van der Waals surface area (Å²) in [6.07, 6.45) is 4.47. The Hall–Kier alpha value is -1.40. The fourth-order valence-electron chi connectivity index (χ4n) is 1.08. The standard InChI is InChI=1S/C11H15N3/c1-3-9(2)14-8-11-4-10(5-12)6-13-7-11/h4,6-7,9,14H,3,8H2,1-2H3/t9-/m0/s1. The molecule has 1 aromatic rings. The van der Waals surface area contributed by atoms with Crippen LogP contribution >= 0.6 is 0 Å². The van der Waals surface area contributed by atoms with E-state index in [1.807, 2.05) is 6.07 Å². The van der Waals surface area contributed by atoms with Gasteiger partial charge >= 0.3 is 0 Å². The molecule has 1 aromatic heterocycles. The van der Waals surface area contributed by atoms with Crippen LogP contribution in [0.15, 0.2) is 18.5 Å². The molecule has 0 aliphatic heterocycles. The van der Waals surface area contributed by atoms with E-state index >= 15 is 0 Å². The van der Waals surface area contributed by atoms with E-state index in [9.17, 15) is 0 Å². The van der Waals surface area contributed by atoms with Crippen LogP contribution in [0.1, 0.15) is 31.4 Å². The molecule has 0 saturated carbocycles. The Morgan fingerprint density at radius 3 is 3.00 bits per heavy atom. The number of hydrogen-bond acceptors (Lipinski definition) is 3. The van der Waals surface area contributed by atoms with Gasteiger partial charge in [-0.15, -0.1) is 0 Å². The highest BCUT2D eigenvalue weighted by molar-refractivity contribution is 5.28. The lowest BCUT2D eigenvalue weighted by Gasteiger charge is -2.10. The molecule has 1 heterocycles. The maximum atomic E-state index is 8.68. The van der Waals surface area contributed by atoms with Gasteiger partial charge in [0.15, 0.2) is 0 Å². The molecule has 0 radical (unpaired) electrons. The van der Waals surface area contributed by atoms with Crippen molar-refractivity contribution < 1.29 is 0 Å². The molecule has 0 fully saturated rings. The summed E-state index contributed by atoms with van der Waals surface area (Å²) in [7, 11) is 0. The van der Waals surface area contributed by atoms with Crippen LogP contribution in [-0.4, -0.2) is 11.0 Å². The van der Waals surface area contributed by atoms with E-state index in [1.54, 1.807) is 12.4 Å². The quantitative estimate of drug-likeness (QED) is 0.786. The van der Waals surface area contributed by atoms with E-state index in [-0.39, 0.29) is 0 Å². The number of nitrogens with zero attached hydrogens (tertiary/aromatic N) is 2. The van der Waals surface area contributed by atoms with Gasteiger partial charge in [0, 0.05) is 25.0 Å². The van der Waals surface area contributed by atoms with E-state index in [0.29, 0.717) is 11.6 Å². The molecule has 0 aliphatic carbocycles. The second-order valence-electron chi connectivity index (χ2n) is 3.38. The van der Waals surface area contributed by atoms with Crippen molar-refractivity contribution >= 4 is 0 Å². The summed E-state index contributed by atoms with van der Waals surface area (Å²) in [4.78, 5) is 4.00. The molecule has 0 aromatic carbocycles. The van der Waals surface area contributed by atoms with Gasteiger partial charge in [-0.3, -0.25) is 4.98 Å². The predicted molar refractivity (Wildman–Crippen MR) is 55.5 cm³/mol. The van der Waals surface area contributed by atoms with Crippen molar-refractivity contribution in [3.05, 3.63) is 29.6 Å². The van der Waals surface area contributed by atoms with Crippen LogP contribution in [0, 0.1) is 11.3 Å². The average molecular weight is 189 g/mol. The van der Waals surface area contributed by atoms with Crippen molar-refractivity contribution in [2.45, 2.75) is 32.9 Å². The zero-order chi connectivity index (χ0) is 10.4. The van der Waals surface area contributed by atoms with Crippen molar-refractivity contribution in [2.24, 2.45) is 0 Å². The highest BCUT2D eigenvalue weighted by atomic mass is 14.9. The molecule has 0 saturated heterocycles. The minimum Gasteiger partial charge on any atom is -0.310 e. The summed E-state index contributed by atoms with van der Waals surface area (Å²) in [5.41, 5.74) is 1.68. The Balaban J connectivity index is 2.55. The van der Waals surface area contributed by atoms with Gasteiger partial charge in [0.25, 0.3) is 0 Å². The van der Waals surface area contributed by atoms with Crippen LogP contribution < -0.4 is 5.32 Å². The Kier molecular flexibility index (Phi) is 4.09. The van der Waals surface area contributed by atoms with Crippen LogP contribution in [0.5, 0.6) is 0 Å². The van der Waals surface area contributed by atoms with Crippen molar-refractivity contribution in [3.8, 4) is 6.07 Å². The number of nitrogens with one attached hydrogen (secondary N) is 1. The van der Waals surface area contributed by atoms with Crippen LogP contribution in [-0.2, 0) is 6.54 Å². The molecule has 1 N–H and O–H groups in total. The van der Waals surface area contributed by atoms with E-state index in [2.05, 4.69) is 30.2 Å². The Bertz CT molecular complexity index is 328. The molecule has 74 valence electrons. The summed E-state index contributed by atoms with van der Waals surface area (Å²) in [6.45, 7) is 5.06. The second kappa shape index (κ2) is 5.36. The minimum atomic E-state index is 0.501. The first-order valence-corrected chi connectivity index (χ1v) is 4.83. The molecule has 3 nitrogen and oxygen atoms in total. The largest absolute Gasteiger partial charge is 0.310 e. The van der Waals surface area contributed by atoms with Crippen LogP contribution in [0.2, 0.25) is 0 Å². The molecule has 0 bridgehead atoms. The SMILES string of the molecule is CC[C@H](C)NCc1cncc(C#N)c1. The molecule has 0 spiro atoms. The number of hydrogen-bond donors (Lipinski definition) is 1. The molecule has 14 heavy (non-hydrogen) atoms. The van der Waals surface area contributed by atoms with Crippen molar-refractivity contribution in [1.29, 1.82) is 5.26 Å². The third-order valence-electron chi connectivity index (χ3n) is 2.19. The first-order valence-electron chi connectivity index (χ1n) is 4.83. The normalized spacial score (nSPS) is 12.1. The first-order chi connectivity index (χ1) is 6.76. The van der Waals surface area contributed by atoms with Gasteiger partial charge in [-0.2, -0.15) is 5.26 Å². The van der Waals surface area contributed by atoms with Gasteiger partial charge in [-0.25, -0.2) is 0 Å². The maximum Gasteiger partial charge on any atom is 0.101 e. The smallest absolute Gasteiger partial charge is 0.101 e. The molecular weight excluding hydrogens is 174 g/mol. The van der Waals surface area contributed by atoms with Crippen molar-refractivity contribution in [1.82, 2.24) is 10.3 Å². The van der Waals surface area contributed by atoms with E-state index in [1.165, 1.54) is 0 Å². The second-order valence-corrected chi connectivity index (χ2v) is 3.38. The van der Waals surface area contributed by atoms with Gasteiger partial charge in [-0.1, -0.05) is 6.92 Å². The lowest BCUT2D eigenvalue weighted by molar-refractivity contribution is 0.533. The summed E-state index contributed by atoms with van der Waals surface area (Å²) in [6, 6.07) is 4.44. The summed E-state index contributed by atoms with van der Waals surface area (Å²) >= 11 is 0. The van der Waals surface area contributed by atoms with Gasteiger partial charge in [-0.05, 0) is 25.0 Å². The van der Waals surface area contributed by atoms with Crippen molar-refractivity contribution in [2.75, 3.05) is 0 Å². The predicted octanol–water partition coefficient (Wildman–Crippen LogP) is 1.84. The Morgan fingerprint density at radius 1 is 1.57 bits per heavy atom. The number of pyridine rings is 1. The first kappa shape index (κ1) is 10.7. The van der Waals surface area contributed by atoms with E-state index in [4.69, 9.17) is 5.26 Å². The van der Waals surface area contributed by atoms with Gasteiger partial charge in [0.05, 0.1) is 5.56 Å². The van der Waals surface area contributed by atoms with Crippen LogP contribution in [0.25, 0.3) is 0 Å². The number of aromatic nitrogens is 1. The van der Waals surface area contributed by atoms with Crippen LogP contribution in [0.4, 0.5) is 0 Å².